The van der Waals surface area contributed by atoms with E-state index in [0.29, 0.717) is 30.6 Å². The minimum absolute atomic E-state index is 0.0435. The van der Waals surface area contributed by atoms with Gasteiger partial charge in [0.1, 0.15) is 5.54 Å². The third-order valence-corrected chi connectivity index (χ3v) is 4.19. The Balaban J connectivity index is 2.02. The Morgan fingerprint density at radius 2 is 2.05 bits per heavy atom. The van der Waals surface area contributed by atoms with E-state index in [1.54, 1.807) is 11.0 Å². The standard InChI is InChI=1S/C16H19N3O3/c1-10(2)9-13(20)19-8-7-16(14(21)17-15(22)18-16)11-5-3-4-6-12(11)19/h3-6,10H,7-9H2,1-2H3,(H2,17,18,21,22). The lowest BCUT2D eigenvalue weighted by Crippen LogP contribution is -2.52. The second-order valence-electron chi connectivity index (χ2n) is 6.22. The smallest absolute Gasteiger partial charge is 0.319 e. The number of rotatable bonds is 2. The Kier molecular flexibility index (Phi) is 3.39. The minimum atomic E-state index is -1.05. The van der Waals surface area contributed by atoms with E-state index in [1.165, 1.54) is 0 Å². The fourth-order valence-electron chi connectivity index (χ4n) is 3.18. The zero-order valence-electron chi connectivity index (χ0n) is 12.7. The van der Waals surface area contributed by atoms with Crippen molar-refractivity contribution in [3.63, 3.8) is 0 Å². The van der Waals surface area contributed by atoms with Gasteiger partial charge in [0.05, 0.1) is 0 Å². The molecule has 1 aromatic carbocycles. The molecular formula is C16H19N3O3. The Hall–Kier alpha value is -2.37. The van der Waals surface area contributed by atoms with Crippen LogP contribution in [0.4, 0.5) is 10.5 Å². The molecule has 0 aromatic heterocycles. The number of nitrogens with one attached hydrogen (secondary N) is 2. The van der Waals surface area contributed by atoms with Crippen LogP contribution < -0.4 is 15.5 Å². The number of nitrogens with zero attached hydrogens (tertiary/aromatic N) is 1. The van der Waals surface area contributed by atoms with E-state index in [0.717, 1.165) is 0 Å². The fourth-order valence-corrected chi connectivity index (χ4v) is 3.18. The zero-order valence-corrected chi connectivity index (χ0v) is 12.7. The summed E-state index contributed by atoms with van der Waals surface area (Å²) in [6.45, 7) is 4.41. The van der Waals surface area contributed by atoms with Crippen LogP contribution in [0.25, 0.3) is 0 Å². The second kappa shape index (κ2) is 5.12. The van der Waals surface area contributed by atoms with Crippen LogP contribution in [0, 0.1) is 5.92 Å². The van der Waals surface area contributed by atoms with E-state index in [2.05, 4.69) is 10.6 Å². The number of hydrogen-bond acceptors (Lipinski definition) is 3. The maximum Gasteiger partial charge on any atom is 0.322 e. The van der Waals surface area contributed by atoms with Crippen LogP contribution in [-0.2, 0) is 15.1 Å². The average Bonchev–Trinajstić information content (AvgIpc) is 2.73. The van der Waals surface area contributed by atoms with E-state index >= 15 is 0 Å². The van der Waals surface area contributed by atoms with Gasteiger partial charge in [-0.25, -0.2) is 4.79 Å². The predicted octanol–water partition coefficient (Wildman–Crippen LogP) is 1.50. The highest BCUT2D eigenvalue weighted by Gasteiger charge is 2.51. The van der Waals surface area contributed by atoms with Gasteiger partial charge >= 0.3 is 6.03 Å². The van der Waals surface area contributed by atoms with Crippen molar-refractivity contribution < 1.29 is 14.4 Å². The first-order valence-corrected chi connectivity index (χ1v) is 7.47. The summed E-state index contributed by atoms with van der Waals surface area (Å²) in [5.41, 5.74) is 0.334. The number of carbonyl (C=O) groups excluding carboxylic acids is 3. The van der Waals surface area contributed by atoms with E-state index in [9.17, 15) is 14.4 Å². The molecule has 1 spiro atoms. The first-order chi connectivity index (χ1) is 10.4. The van der Waals surface area contributed by atoms with Gasteiger partial charge < -0.3 is 10.2 Å². The highest BCUT2D eigenvalue weighted by atomic mass is 16.2. The van der Waals surface area contributed by atoms with Crippen molar-refractivity contribution in [2.24, 2.45) is 5.92 Å². The molecule has 6 nitrogen and oxygen atoms in total. The van der Waals surface area contributed by atoms with Crippen LogP contribution in [-0.4, -0.2) is 24.4 Å². The third kappa shape index (κ3) is 2.15. The maximum atomic E-state index is 12.5. The lowest BCUT2D eigenvalue weighted by Gasteiger charge is -2.39. The largest absolute Gasteiger partial charge is 0.322 e. The molecule has 2 heterocycles. The molecule has 6 heteroatoms. The summed E-state index contributed by atoms with van der Waals surface area (Å²) in [5, 5.41) is 5.04. The molecule has 0 bridgehead atoms. The molecule has 1 saturated heterocycles. The normalized spacial score (nSPS) is 23.5. The van der Waals surface area contributed by atoms with Crippen LogP contribution in [0.1, 0.15) is 32.3 Å². The molecule has 1 fully saturated rings. The van der Waals surface area contributed by atoms with E-state index in [1.807, 2.05) is 32.0 Å². The third-order valence-electron chi connectivity index (χ3n) is 4.19. The molecule has 1 atom stereocenters. The van der Waals surface area contributed by atoms with E-state index in [-0.39, 0.29) is 17.7 Å². The molecule has 2 aliphatic rings. The van der Waals surface area contributed by atoms with Crippen LogP contribution >= 0.6 is 0 Å². The van der Waals surface area contributed by atoms with Gasteiger partial charge in [-0.3, -0.25) is 14.9 Å². The SMILES string of the molecule is CC(C)CC(=O)N1CCC2(NC(=O)NC2=O)c2ccccc21. The van der Waals surface area contributed by atoms with Crippen molar-refractivity contribution in [3.05, 3.63) is 29.8 Å². The summed E-state index contributed by atoms with van der Waals surface area (Å²) < 4.78 is 0. The van der Waals surface area contributed by atoms with Crippen LogP contribution in [0.3, 0.4) is 0 Å². The first-order valence-electron chi connectivity index (χ1n) is 7.47. The highest BCUT2D eigenvalue weighted by Crippen LogP contribution is 2.40. The van der Waals surface area contributed by atoms with Crippen molar-refractivity contribution in [2.45, 2.75) is 32.2 Å². The molecular weight excluding hydrogens is 282 g/mol. The monoisotopic (exact) mass is 301 g/mol. The molecule has 1 unspecified atom stereocenters. The molecule has 116 valence electrons. The maximum absolute atomic E-state index is 12.5. The molecule has 1 aromatic rings. The van der Waals surface area contributed by atoms with Gasteiger partial charge in [-0.05, 0) is 12.0 Å². The first kappa shape index (κ1) is 14.6. The van der Waals surface area contributed by atoms with E-state index in [4.69, 9.17) is 0 Å². The quantitative estimate of drug-likeness (QED) is 0.813. The number of anilines is 1. The molecule has 0 aliphatic carbocycles. The highest BCUT2D eigenvalue weighted by molar-refractivity contribution is 6.09. The summed E-state index contributed by atoms with van der Waals surface area (Å²) in [5.74, 6) is -0.0343. The zero-order chi connectivity index (χ0) is 15.9. The van der Waals surface area contributed by atoms with Crippen molar-refractivity contribution in [1.82, 2.24) is 10.6 Å². The minimum Gasteiger partial charge on any atom is -0.319 e. The Labute approximate surface area is 128 Å². The van der Waals surface area contributed by atoms with Gasteiger partial charge in [-0.15, -0.1) is 0 Å². The van der Waals surface area contributed by atoms with Gasteiger partial charge in [0, 0.05) is 30.6 Å². The molecule has 3 rings (SSSR count). The molecule has 2 N–H and O–H groups in total. The number of imide groups is 1. The number of carbonyl (C=O) groups is 3. The van der Waals surface area contributed by atoms with Gasteiger partial charge in [0.15, 0.2) is 0 Å². The summed E-state index contributed by atoms with van der Waals surface area (Å²) >= 11 is 0. The lowest BCUT2D eigenvalue weighted by molar-refractivity contribution is -0.125. The Morgan fingerprint density at radius 3 is 2.68 bits per heavy atom. The van der Waals surface area contributed by atoms with Crippen LogP contribution in [0.2, 0.25) is 0 Å². The van der Waals surface area contributed by atoms with Crippen molar-refractivity contribution in [3.8, 4) is 0 Å². The molecule has 2 aliphatic heterocycles. The van der Waals surface area contributed by atoms with Crippen LogP contribution in [0.15, 0.2) is 24.3 Å². The molecule has 0 radical (unpaired) electrons. The number of fused-ring (bicyclic) bond motifs is 2. The Bertz CT molecular complexity index is 656. The summed E-state index contributed by atoms with van der Waals surface area (Å²) in [6, 6.07) is 6.79. The van der Waals surface area contributed by atoms with Crippen LogP contribution in [0.5, 0.6) is 0 Å². The summed E-state index contributed by atoms with van der Waals surface area (Å²) in [7, 11) is 0. The molecule has 4 amide bonds. The number of para-hydroxylation sites is 1. The van der Waals surface area contributed by atoms with Gasteiger partial charge in [0.2, 0.25) is 5.91 Å². The average molecular weight is 301 g/mol. The second-order valence-corrected chi connectivity index (χ2v) is 6.22. The lowest BCUT2D eigenvalue weighted by atomic mass is 9.82. The summed E-state index contributed by atoms with van der Waals surface area (Å²) in [6.07, 6.45) is 0.839. The van der Waals surface area contributed by atoms with Crippen molar-refractivity contribution in [1.29, 1.82) is 0 Å². The number of benzene rings is 1. The predicted molar refractivity (Wildman–Crippen MR) is 81.2 cm³/mol. The van der Waals surface area contributed by atoms with Gasteiger partial charge in [-0.1, -0.05) is 32.0 Å². The molecule has 22 heavy (non-hydrogen) atoms. The topological polar surface area (TPSA) is 78.5 Å². The fraction of sp³-hybridized carbons (Fsp3) is 0.438. The Morgan fingerprint density at radius 1 is 1.32 bits per heavy atom. The number of amides is 4. The van der Waals surface area contributed by atoms with Crippen molar-refractivity contribution >= 4 is 23.5 Å². The molecule has 0 saturated carbocycles. The summed E-state index contributed by atoms with van der Waals surface area (Å²) in [4.78, 5) is 38.0. The van der Waals surface area contributed by atoms with E-state index < -0.39 is 11.6 Å². The van der Waals surface area contributed by atoms with Gasteiger partial charge in [-0.2, -0.15) is 0 Å². The van der Waals surface area contributed by atoms with Crippen molar-refractivity contribution in [2.75, 3.05) is 11.4 Å². The number of urea groups is 1. The van der Waals surface area contributed by atoms with Gasteiger partial charge in [0.25, 0.3) is 5.91 Å². The number of hydrogen-bond donors (Lipinski definition) is 2.